The predicted molar refractivity (Wildman–Crippen MR) is 99.7 cm³/mol. The van der Waals surface area contributed by atoms with Gasteiger partial charge in [-0.2, -0.15) is 0 Å². The third-order valence-electron chi connectivity index (χ3n) is 3.10. The molecule has 1 unspecified atom stereocenters. The summed E-state index contributed by atoms with van der Waals surface area (Å²) in [6, 6.07) is 15.1. The fraction of sp³-hybridized carbons (Fsp3) is 0.250. The van der Waals surface area contributed by atoms with E-state index < -0.39 is 0 Å². The van der Waals surface area contributed by atoms with Gasteiger partial charge >= 0.3 is 0 Å². The highest BCUT2D eigenvalue weighted by atomic mass is 127. The van der Waals surface area contributed by atoms with Gasteiger partial charge in [-0.3, -0.25) is 0 Å². The highest BCUT2D eigenvalue weighted by molar-refractivity contribution is 14.1. The first-order valence-electron chi connectivity index (χ1n) is 6.28. The van der Waals surface area contributed by atoms with Crippen LogP contribution in [0.3, 0.4) is 0 Å². The van der Waals surface area contributed by atoms with Crippen LogP contribution in [0.25, 0.3) is 0 Å². The van der Waals surface area contributed by atoms with E-state index in [1.165, 1.54) is 20.3 Å². The second-order valence-electron chi connectivity index (χ2n) is 4.51. The van der Waals surface area contributed by atoms with Gasteiger partial charge in [0.25, 0.3) is 0 Å². The van der Waals surface area contributed by atoms with Crippen LogP contribution < -0.4 is 0 Å². The predicted octanol–water partition coefficient (Wildman–Crippen LogP) is 5.73. The van der Waals surface area contributed by atoms with E-state index in [0.29, 0.717) is 0 Å². The van der Waals surface area contributed by atoms with Gasteiger partial charge in [0.1, 0.15) is 0 Å². The SMILES string of the molecule is COCCc1ccc(C(Br)c2cc(I)ccc2Br)cc1. The smallest absolute Gasteiger partial charge is 0.0655 e. The number of hydrogen-bond acceptors (Lipinski definition) is 1. The molecular weight excluding hydrogens is 495 g/mol. The van der Waals surface area contributed by atoms with Crippen LogP contribution in [-0.2, 0) is 11.2 Å². The average Bonchev–Trinajstić information content (AvgIpc) is 2.47. The van der Waals surface area contributed by atoms with E-state index in [0.717, 1.165) is 17.5 Å². The van der Waals surface area contributed by atoms with Gasteiger partial charge in [0.2, 0.25) is 0 Å². The van der Waals surface area contributed by atoms with Gasteiger partial charge in [0.15, 0.2) is 0 Å². The molecule has 2 rings (SSSR count). The average molecular weight is 510 g/mol. The summed E-state index contributed by atoms with van der Waals surface area (Å²) < 4.78 is 7.47. The number of hydrogen-bond donors (Lipinski definition) is 0. The summed E-state index contributed by atoms with van der Waals surface area (Å²) in [6.45, 7) is 0.763. The number of rotatable bonds is 5. The van der Waals surface area contributed by atoms with Crippen molar-refractivity contribution in [3.8, 4) is 0 Å². The Morgan fingerprint density at radius 2 is 1.85 bits per heavy atom. The fourth-order valence-electron chi connectivity index (χ4n) is 1.96. The fourth-order valence-corrected chi connectivity index (χ4v) is 3.94. The second-order valence-corrected chi connectivity index (χ2v) is 7.53. The van der Waals surface area contributed by atoms with E-state index >= 15 is 0 Å². The van der Waals surface area contributed by atoms with Crippen molar-refractivity contribution in [2.75, 3.05) is 13.7 Å². The molecule has 0 aliphatic rings. The highest BCUT2D eigenvalue weighted by Gasteiger charge is 2.13. The van der Waals surface area contributed by atoms with Gasteiger partial charge in [-0.05, 0) is 63.9 Å². The summed E-state index contributed by atoms with van der Waals surface area (Å²) in [7, 11) is 1.73. The molecule has 0 radical (unpaired) electrons. The Hall–Kier alpha value is 0.0900. The van der Waals surface area contributed by atoms with Crippen molar-refractivity contribution in [2.24, 2.45) is 0 Å². The van der Waals surface area contributed by atoms with Crippen molar-refractivity contribution in [2.45, 2.75) is 11.2 Å². The molecule has 0 bridgehead atoms. The molecular formula is C16H15Br2IO. The zero-order valence-electron chi connectivity index (χ0n) is 11.1. The van der Waals surface area contributed by atoms with E-state index in [2.05, 4.69) is 96.9 Å². The lowest BCUT2D eigenvalue weighted by atomic mass is 10.0. The van der Waals surface area contributed by atoms with Gasteiger partial charge in [0.05, 0.1) is 11.4 Å². The topological polar surface area (TPSA) is 9.23 Å². The van der Waals surface area contributed by atoms with Crippen LogP contribution in [0.2, 0.25) is 0 Å². The first-order chi connectivity index (χ1) is 9.61. The lowest BCUT2D eigenvalue weighted by molar-refractivity contribution is 0.202. The van der Waals surface area contributed by atoms with E-state index in [1.54, 1.807) is 7.11 Å². The van der Waals surface area contributed by atoms with E-state index in [-0.39, 0.29) is 4.83 Å². The van der Waals surface area contributed by atoms with E-state index in [4.69, 9.17) is 4.74 Å². The molecule has 2 aromatic carbocycles. The molecule has 0 N–H and O–H groups in total. The van der Waals surface area contributed by atoms with Crippen molar-refractivity contribution in [3.05, 3.63) is 67.2 Å². The summed E-state index contributed by atoms with van der Waals surface area (Å²) >= 11 is 9.77. The minimum absolute atomic E-state index is 0.197. The Morgan fingerprint density at radius 1 is 1.15 bits per heavy atom. The maximum absolute atomic E-state index is 5.11. The summed E-state index contributed by atoms with van der Waals surface area (Å²) in [5.74, 6) is 0. The minimum atomic E-state index is 0.197. The Kier molecular flexibility index (Phi) is 6.52. The number of methoxy groups -OCH3 is 1. The zero-order valence-corrected chi connectivity index (χ0v) is 16.4. The Balaban J connectivity index is 2.20. The molecule has 0 aliphatic heterocycles. The van der Waals surface area contributed by atoms with Crippen molar-refractivity contribution in [3.63, 3.8) is 0 Å². The van der Waals surface area contributed by atoms with Crippen molar-refractivity contribution in [1.82, 2.24) is 0 Å². The minimum Gasteiger partial charge on any atom is -0.384 e. The molecule has 0 saturated heterocycles. The zero-order chi connectivity index (χ0) is 14.5. The molecule has 0 aliphatic carbocycles. The van der Waals surface area contributed by atoms with Gasteiger partial charge < -0.3 is 4.74 Å². The van der Waals surface area contributed by atoms with Crippen LogP contribution in [0.15, 0.2) is 46.9 Å². The first kappa shape index (κ1) is 16.5. The van der Waals surface area contributed by atoms with Crippen LogP contribution in [-0.4, -0.2) is 13.7 Å². The van der Waals surface area contributed by atoms with Crippen LogP contribution in [0.5, 0.6) is 0 Å². The van der Waals surface area contributed by atoms with E-state index in [9.17, 15) is 0 Å². The van der Waals surface area contributed by atoms with Gasteiger partial charge in [0, 0.05) is 15.2 Å². The summed E-state index contributed by atoms with van der Waals surface area (Å²) in [4.78, 5) is 0.197. The lowest BCUT2D eigenvalue weighted by Crippen LogP contribution is -1.97. The Morgan fingerprint density at radius 3 is 2.50 bits per heavy atom. The normalized spacial score (nSPS) is 12.4. The quantitative estimate of drug-likeness (QED) is 0.369. The molecule has 0 saturated carbocycles. The van der Waals surface area contributed by atoms with Gasteiger partial charge in [-0.15, -0.1) is 0 Å². The largest absolute Gasteiger partial charge is 0.384 e. The molecule has 20 heavy (non-hydrogen) atoms. The molecule has 1 atom stereocenters. The molecule has 0 aromatic heterocycles. The molecule has 0 amide bonds. The van der Waals surface area contributed by atoms with Crippen LogP contribution in [0, 0.1) is 3.57 Å². The summed E-state index contributed by atoms with van der Waals surface area (Å²) in [5.41, 5.74) is 3.81. The van der Waals surface area contributed by atoms with Crippen LogP contribution in [0.1, 0.15) is 21.5 Å². The number of alkyl halides is 1. The molecule has 0 fully saturated rings. The third kappa shape index (κ3) is 4.29. The third-order valence-corrected chi connectivity index (χ3v) is 5.51. The van der Waals surface area contributed by atoms with Gasteiger partial charge in [-0.1, -0.05) is 56.1 Å². The maximum Gasteiger partial charge on any atom is 0.0655 e. The second kappa shape index (κ2) is 7.92. The van der Waals surface area contributed by atoms with Crippen molar-refractivity contribution < 1.29 is 4.74 Å². The van der Waals surface area contributed by atoms with E-state index in [1.807, 2.05) is 0 Å². The molecule has 2 aromatic rings. The Bertz CT molecular complexity index is 569. The Labute approximate surface area is 150 Å². The number of benzene rings is 2. The standard InChI is InChI=1S/C16H15Br2IO/c1-20-9-8-11-2-4-12(5-3-11)16(18)14-10-13(19)6-7-15(14)17/h2-7,10,16H,8-9H2,1H3. The van der Waals surface area contributed by atoms with Gasteiger partial charge in [-0.25, -0.2) is 0 Å². The monoisotopic (exact) mass is 508 g/mol. The molecule has 0 spiro atoms. The summed E-state index contributed by atoms with van der Waals surface area (Å²) in [5, 5.41) is 0. The molecule has 0 heterocycles. The van der Waals surface area contributed by atoms with Crippen molar-refractivity contribution >= 4 is 54.5 Å². The number of ether oxygens (including phenoxy) is 1. The van der Waals surface area contributed by atoms with Crippen LogP contribution in [0.4, 0.5) is 0 Å². The molecule has 106 valence electrons. The van der Waals surface area contributed by atoms with Crippen LogP contribution >= 0.6 is 54.5 Å². The lowest BCUT2D eigenvalue weighted by Gasteiger charge is -2.14. The number of halogens is 3. The maximum atomic E-state index is 5.11. The summed E-state index contributed by atoms with van der Waals surface area (Å²) in [6.07, 6.45) is 0.955. The molecule has 4 heteroatoms. The first-order valence-corrected chi connectivity index (χ1v) is 9.07. The van der Waals surface area contributed by atoms with Crippen molar-refractivity contribution in [1.29, 1.82) is 0 Å². The molecule has 1 nitrogen and oxygen atoms in total. The highest BCUT2D eigenvalue weighted by Crippen LogP contribution is 2.36.